The van der Waals surface area contributed by atoms with Crippen molar-refractivity contribution in [2.24, 2.45) is 23.7 Å². The summed E-state index contributed by atoms with van der Waals surface area (Å²) >= 11 is 13.6. The number of hydrogen-bond acceptors (Lipinski definition) is 4. The van der Waals surface area contributed by atoms with Crippen molar-refractivity contribution in [1.82, 2.24) is 4.98 Å². The Morgan fingerprint density at radius 3 is 2.59 bits per heavy atom. The van der Waals surface area contributed by atoms with E-state index in [0.717, 1.165) is 16.9 Å². The van der Waals surface area contributed by atoms with Gasteiger partial charge in [0, 0.05) is 15.5 Å². The van der Waals surface area contributed by atoms with Crippen molar-refractivity contribution in [2.75, 3.05) is 5.32 Å². The highest BCUT2D eigenvalue weighted by molar-refractivity contribution is 7.16. The number of benzene rings is 1. The number of allylic oxidation sites excluding steroid dienone is 2. The van der Waals surface area contributed by atoms with Crippen LogP contribution in [0.15, 0.2) is 30.4 Å². The van der Waals surface area contributed by atoms with Crippen LogP contribution in [0.5, 0.6) is 0 Å². The third-order valence-electron chi connectivity index (χ3n) is 5.26. The summed E-state index contributed by atoms with van der Waals surface area (Å²) in [6.07, 6.45) is 4.60. The first kappa shape index (κ1) is 18.5. The van der Waals surface area contributed by atoms with Crippen molar-refractivity contribution in [1.29, 1.82) is 0 Å². The number of halogens is 2. The van der Waals surface area contributed by atoms with Crippen LogP contribution in [0.1, 0.15) is 11.3 Å². The van der Waals surface area contributed by atoms with Crippen LogP contribution >= 0.6 is 34.5 Å². The Morgan fingerprint density at radius 2 is 1.93 bits per heavy atom. The summed E-state index contributed by atoms with van der Waals surface area (Å²) in [6, 6.07) is 5.17. The molecule has 0 saturated heterocycles. The maximum absolute atomic E-state index is 12.8. The first-order chi connectivity index (χ1) is 12.8. The number of carboxylic acid groups (broad SMARTS) is 1. The van der Waals surface area contributed by atoms with Gasteiger partial charge >= 0.3 is 5.97 Å². The maximum atomic E-state index is 12.8. The number of aryl methyl sites for hydroxylation is 1. The lowest BCUT2D eigenvalue weighted by atomic mass is 9.82. The van der Waals surface area contributed by atoms with Gasteiger partial charge in [-0.05, 0) is 43.4 Å². The van der Waals surface area contributed by atoms with Crippen LogP contribution in [0, 0.1) is 30.6 Å². The van der Waals surface area contributed by atoms with Crippen LogP contribution in [-0.2, 0) is 9.59 Å². The highest BCUT2D eigenvalue weighted by Gasteiger charge is 2.51. The summed E-state index contributed by atoms with van der Waals surface area (Å²) in [4.78, 5) is 29.8. The van der Waals surface area contributed by atoms with Crippen molar-refractivity contribution in [3.63, 3.8) is 0 Å². The first-order valence-corrected chi connectivity index (χ1v) is 10.1. The van der Waals surface area contributed by atoms with Gasteiger partial charge in [0.05, 0.1) is 22.6 Å². The number of aromatic nitrogens is 1. The molecule has 0 aliphatic heterocycles. The standard InChI is InChI=1S/C19H16Cl2N2O3S/c1-8-16(12-5-4-11(20)7-13(12)21)22-19(27-8)23-17(24)14-9-2-3-10(6-9)15(14)18(25)26/h2-5,7,9-10,14-15H,6H2,1H3,(H,25,26)(H,22,23,24)/t9-,10-,14+,15-/m0/s1. The molecule has 5 nitrogen and oxygen atoms in total. The van der Waals surface area contributed by atoms with Crippen LogP contribution in [0.25, 0.3) is 11.3 Å². The molecule has 0 unspecified atom stereocenters. The van der Waals surface area contributed by atoms with Gasteiger partial charge in [-0.1, -0.05) is 35.4 Å². The van der Waals surface area contributed by atoms with E-state index < -0.39 is 17.8 Å². The summed E-state index contributed by atoms with van der Waals surface area (Å²) in [5, 5.41) is 13.8. The number of carbonyl (C=O) groups is 2. The smallest absolute Gasteiger partial charge is 0.307 e. The Hall–Kier alpha value is -1.89. The Labute approximate surface area is 170 Å². The third kappa shape index (κ3) is 3.26. The monoisotopic (exact) mass is 422 g/mol. The van der Waals surface area contributed by atoms with E-state index in [4.69, 9.17) is 23.2 Å². The number of hydrogen-bond donors (Lipinski definition) is 2. The second-order valence-electron chi connectivity index (χ2n) is 6.88. The van der Waals surface area contributed by atoms with Crippen molar-refractivity contribution < 1.29 is 14.7 Å². The van der Waals surface area contributed by atoms with E-state index in [2.05, 4.69) is 10.3 Å². The number of anilines is 1. The van der Waals surface area contributed by atoms with Crippen LogP contribution in [0.2, 0.25) is 10.0 Å². The van der Waals surface area contributed by atoms with Gasteiger partial charge in [0.15, 0.2) is 5.13 Å². The predicted molar refractivity (Wildman–Crippen MR) is 106 cm³/mol. The van der Waals surface area contributed by atoms with Gasteiger partial charge in [-0.15, -0.1) is 11.3 Å². The zero-order valence-corrected chi connectivity index (χ0v) is 16.6. The molecule has 1 fully saturated rings. The molecule has 8 heteroatoms. The molecule has 2 aromatic rings. The fourth-order valence-electron chi connectivity index (χ4n) is 4.09. The molecule has 2 bridgehead atoms. The van der Waals surface area contributed by atoms with Crippen LogP contribution in [0.3, 0.4) is 0 Å². The minimum atomic E-state index is -0.920. The van der Waals surface area contributed by atoms with Crippen molar-refractivity contribution in [3.8, 4) is 11.3 Å². The highest BCUT2D eigenvalue weighted by Crippen LogP contribution is 2.48. The molecule has 2 aliphatic rings. The van der Waals surface area contributed by atoms with Gasteiger partial charge in [0.2, 0.25) is 5.91 Å². The second kappa shape index (κ2) is 6.93. The number of nitrogens with one attached hydrogen (secondary N) is 1. The van der Waals surface area contributed by atoms with Gasteiger partial charge in [-0.2, -0.15) is 0 Å². The number of aliphatic carboxylic acids is 1. The molecule has 2 N–H and O–H groups in total. The van der Waals surface area contributed by atoms with Gasteiger partial charge in [-0.3, -0.25) is 9.59 Å². The number of amides is 1. The molecular weight excluding hydrogens is 407 g/mol. The van der Waals surface area contributed by atoms with E-state index in [0.29, 0.717) is 20.9 Å². The Kier molecular flexibility index (Phi) is 4.74. The molecule has 0 spiro atoms. The number of rotatable bonds is 4. The molecule has 27 heavy (non-hydrogen) atoms. The van der Waals surface area contributed by atoms with Gasteiger partial charge in [-0.25, -0.2) is 4.98 Å². The van der Waals surface area contributed by atoms with E-state index >= 15 is 0 Å². The minimum Gasteiger partial charge on any atom is -0.481 e. The lowest BCUT2D eigenvalue weighted by molar-refractivity contribution is -0.146. The van der Waals surface area contributed by atoms with E-state index in [9.17, 15) is 14.7 Å². The third-order valence-corrected chi connectivity index (χ3v) is 6.69. The highest BCUT2D eigenvalue weighted by atomic mass is 35.5. The SMILES string of the molecule is Cc1sc(NC(=O)[C@H]2[C@@H](C(=O)O)[C@H]3C=C[C@H]2C3)nc1-c1ccc(Cl)cc1Cl. The Bertz CT molecular complexity index is 972. The molecule has 2 aliphatic carbocycles. The molecule has 1 aromatic heterocycles. The van der Waals surface area contributed by atoms with E-state index in [1.54, 1.807) is 18.2 Å². The van der Waals surface area contributed by atoms with Crippen molar-refractivity contribution in [2.45, 2.75) is 13.3 Å². The number of carbonyl (C=O) groups excluding carboxylic acids is 1. The normalized spacial score (nSPS) is 25.7. The number of carboxylic acids is 1. The lowest BCUT2D eigenvalue weighted by Gasteiger charge is -2.23. The molecule has 4 rings (SSSR count). The van der Waals surface area contributed by atoms with E-state index in [1.807, 2.05) is 19.1 Å². The molecule has 1 amide bonds. The summed E-state index contributed by atoms with van der Waals surface area (Å²) in [5.41, 5.74) is 1.42. The average molecular weight is 423 g/mol. The van der Waals surface area contributed by atoms with Crippen LogP contribution in [0.4, 0.5) is 5.13 Å². The fraction of sp³-hybridized carbons (Fsp3) is 0.316. The van der Waals surface area contributed by atoms with Crippen molar-refractivity contribution >= 4 is 51.5 Å². The van der Waals surface area contributed by atoms with Gasteiger partial charge in [0.1, 0.15) is 0 Å². The number of fused-ring (bicyclic) bond motifs is 2. The topological polar surface area (TPSA) is 79.3 Å². The second-order valence-corrected chi connectivity index (χ2v) is 8.92. The maximum Gasteiger partial charge on any atom is 0.307 e. The Morgan fingerprint density at radius 1 is 1.22 bits per heavy atom. The molecule has 4 atom stereocenters. The van der Waals surface area contributed by atoms with Gasteiger partial charge in [0.25, 0.3) is 0 Å². The van der Waals surface area contributed by atoms with Crippen molar-refractivity contribution in [3.05, 3.63) is 45.3 Å². The van der Waals surface area contributed by atoms with Crippen LogP contribution < -0.4 is 5.32 Å². The fourth-order valence-corrected chi connectivity index (χ4v) is 5.42. The average Bonchev–Trinajstić information content (AvgIpc) is 3.29. The van der Waals surface area contributed by atoms with E-state index in [1.165, 1.54) is 11.3 Å². The van der Waals surface area contributed by atoms with Gasteiger partial charge < -0.3 is 10.4 Å². The summed E-state index contributed by atoms with van der Waals surface area (Å²) < 4.78 is 0. The molecule has 1 heterocycles. The quantitative estimate of drug-likeness (QED) is 0.687. The predicted octanol–water partition coefficient (Wildman–Crippen LogP) is 4.89. The summed E-state index contributed by atoms with van der Waals surface area (Å²) in [6.45, 7) is 1.90. The lowest BCUT2D eigenvalue weighted by Crippen LogP contribution is -2.36. The molecular formula is C19H16Cl2N2O3S. The molecule has 0 radical (unpaired) electrons. The largest absolute Gasteiger partial charge is 0.481 e. The first-order valence-electron chi connectivity index (χ1n) is 8.50. The molecule has 140 valence electrons. The summed E-state index contributed by atoms with van der Waals surface area (Å²) in [7, 11) is 0. The number of thiazole rings is 1. The zero-order chi connectivity index (χ0) is 19.3. The van der Waals surface area contributed by atoms with Crippen LogP contribution in [-0.4, -0.2) is 22.0 Å². The summed E-state index contributed by atoms with van der Waals surface area (Å²) in [5.74, 6) is -2.54. The zero-order valence-electron chi connectivity index (χ0n) is 14.3. The Balaban J connectivity index is 1.58. The molecule has 1 aromatic carbocycles. The number of nitrogens with zero attached hydrogens (tertiary/aromatic N) is 1. The molecule has 1 saturated carbocycles. The van der Waals surface area contributed by atoms with E-state index in [-0.39, 0.29) is 17.7 Å². The minimum absolute atomic E-state index is 0.0256.